The van der Waals surface area contributed by atoms with Crippen LogP contribution < -0.4 is 0 Å². The Morgan fingerprint density at radius 2 is 2.00 bits per heavy atom. The zero-order chi connectivity index (χ0) is 9.19. The summed E-state index contributed by atoms with van der Waals surface area (Å²) in [5.74, 6) is 0.949. The summed E-state index contributed by atoms with van der Waals surface area (Å²) >= 11 is 0. The lowest BCUT2D eigenvalue weighted by Gasteiger charge is -2.26. The highest BCUT2D eigenvalue weighted by atomic mass is 15.2. The molecule has 0 amide bonds. The standard InChI is InChI=1S/C9H17N.C2H6/c1-8-6-9(2)4-3-5-10(9)7-8;1-2/h8H,3-7H2,1-2H3;1-2H3. The Hall–Kier alpha value is -0.0400. The summed E-state index contributed by atoms with van der Waals surface area (Å²) in [6.07, 6.45) is 4.31. The van der Waals surface area contributed by atoms with Crippen LogP contribution in [0.15, 0.2) is 0 Å². The molecule has 0 spiro atoms. The molecule has 72 valence electrons. The van der Waals surface area contributed by atoms with Gasteiger partial charge in [0.15, 0.2) is 0 Å². The van der Waals surface area contributed by atoms with Crippen LogP contribution in [0.25, 0.3) is 0 Å². The lowest BCUT2D eigenvalue weighted by molar-refractivity contribution is 0.218. The van der Waals surface area contributed by atoms with Crippen molar-refractivity contribution in [3.05, 3.63) is 0 Å². The summed E-state index contributed by atoms with van der Waals surface area (Å²) in [5.41, 5.74) is 0.611. The van der Waals surface area contributed by atoms with Gasteiger partial charge < -0.3 is 0 Å². The molecule has 2 fully saturated rings. The van der Waals surface area contributed by atoms with E-state index >= 15 is 0 Å². The van der Waals surface area contributed by atoms with Crippen molar-refractivity contribution in [3.63, 3.8) is 0 Å². The van der Waals surface area contributed by atoms with Crippen LogP contribution in [0.1, 0.15) is 47.0 Å². The van der Waals surface area contributed by atoms with Crippen molar-refractivity contribution in [2.75, 3.05) is 13.1 Å². The maximum absolute atomic E-state index is 2.68. The van der Waals surface area contributed by atoms with Gasteiger partial charge in [-0.15, -0.1) is 0 Å². The van der Waals surface area contributed by atoms with Gasteiger partial charge in [0.2, 0.25) is 0 Å². The Morgan fingerprint density at radius 3 is 2.58 bits per heavy atom. The van der Waals surface area contributed by atoms with Crippen molar-refractivity contribution in [1.82, 2.24) is 4.90 Å². The van der Waals surface area contributed by atoms with E-state index in [9.17, 15) is 0 Å². The van der Waals surface area contributed by atoms with Gasteiger partial charge in [-0.1, -0.05) is 20.8 Å². The summed E-state index contributed by atoms with van der Waals surface area (Å²) in [7, 11) is 0. The van der Waals surface area contributed by atoms with Gasteiger partial charge in [-0.3, -0.25) is 4.90 Å². The Morgan fingerprint density at radius 1 is 1.33 bits per heavy atom. The van der Waals surface area contributed by atoms with E-state index in [1.807, 2.05) is 13.8 Å². The first-order valence-corrected chi connectivity index (χ1v) is 5.46. The van der Waals surface area contributed by atoms with E-state index < -0.39 is 0 Å². The molecule has 2 aliphatic rings. The summed E-state index contributed by atoms with van der Waals surface area (Å²) in [6.45, 7) is 11.5. The highest BCUT2D eigenvalue weighted by Gasteiger charge is 2.42. The van der Waals surface area contributed by atoms with E-state index in [1.54, 1.807) is 0 Å². The smallest absolute Gasteiger partial charge is 0.0185 e. The predicted molar refractivity (Wildman–Crippen MR) is 54.3 cm³/mol. The molecular weight excluding hydrogens is 146 g/mol. The van der Waals surface area contributed by atoms with Crippen molar-refractivity contribution >= 4 is 0 Å². The van der Waals surface area contributed by atoms with Gasteiger partial charge in [0.05, 0.1) is 0 Å². The van der Waals surface area contributed by atoms with Crippen LogP contribution in [-0.4, -0.2) is 23.5 Å². The fourth-order valence-corrected chi connectivity index (χ4v) is 2.81. The molecule has 1 nitrogen and oxygen atoms in total. The predicted octanol–water partition coefficient (Wildman–Crippen LogP) is 2.91. The van der Waals surface area contributed by atoms with E-state index in [1.165, 1.54) is 32.4 Å². The normalized spacial score (nSPS) is 40.5. The summed E-state index contributed by atoms with van der Waals surface area (Å²) in [6, 6.07) is 0. The van der Waals surface area contributed by atoms with Crippen molar-refractivity contribution in [3.8, 4) is 0 Å². The SMILES string of the molecule is CC.CC1CN2CCCC2(C)C1. The summed E-state index contributed by atoms with van der Waals surface area (Å²) in [5, 5.41) is 0. The molecule has 0 N–H and O–H groups in total. The largest absolute Gasteiger partial charge is 0.298 e. The maximum Gasteiger partial charge on any atom is 0.0185 e. The Kier molecular flexibility index (Phi) is 3.16. The molecule has 2 atom stereocenters. The van der Waals surface area contributed by atoms with Gasteiger partial charge in [-0.2, -0.15) is 0 Å². The van der Waals surface area contributed by atoms with Gasteiger partial charge in [0.1, 0.15) is 0 Å². The summed E-state index contributed by atoms with van der Waals surface area (Å²) in [4.78, 5) is 2.68. The van der Waals surface area contributed by atoms with Crippen molar-refractivity contribution in [1.29, 1.82) is 0 Å². The highest BCUT2D eigenvalue weighted by molar-refractivity contribution is 4.98. The molecule has 2 heterocycles. The van der Waals surface area contributed by atoms with Gasteiger partial charge in [0.25, 0.3) is 0 Å². The van der Waals surface area contributed by atoms with Crippen LogP contribution in [0.4, 0.5) is 0 Å². The molecule has 2 aliphatic heterocycles. The zero-order valence-electron chi connectivity index (χ0n) is 9.06. The highest BCUT2D eigenvalue weighted by Crippen LogP contribution is 2.40. The zero-order valence-corrected chi connectivity index (χ0v) is 9.06. The lowest BCUT2D eigenvalue weighted by Crippen LogP contribution is -2.34. The number of hydrogen-bond donors (Lipinski definition) is 0. The van der Waals surface area contributed by atoms with Crippen LogP contribution >= 0.6 is 0 Å². The topological polar surface area (TPSA) is 3.24 Å². The number of hydrogen-bond acceptors (Lipinski definition) is 1. The van der Waals surface area contributed by atoms with Crippen molar-refractivity contribution in [2.45, 2.75) is 52.5 Å². The molecule has 0 aromatic heterocycles. The molecule has 2 rings (SSSR count). The van der Waals surface area contributed by atoms with Crippen molar-refractivity contribution in [2.24, 2.45) is 5.92 Å². The monoisotopic (exact) mass is 169 g/mol. The Labute approximate surface area is 77.1 Å². The minimum atomic E-state index is 0.611. The third kappa shape index (κ3) is 1.66. The lowest BCUT2D eigenvalue weighted by atomic mass is 9.93. The van der Waals surface area contributed by atoms with Gasteiger partial charge in [-0.25, -0.2) is 0 Å². The molecule has 12 heavy (non-hydrogen) atoms. The Balaban J connectivity index is 0.000000336. The average molecular weight is 169 g/mol. The van der Waals surface area contributed by atoms with E-state index in [4.69, 9.17) is 0 Å². The average Bonchev–Trinajstić information content (AvgIpc) is 2.46. The molecule has 0 aromatic carbocycles. The van der Waals surface area contributed by atoms with E-state index in [2.05, 4.69) is 18.7 Å². The molecule has 0 bridgehead atoms. The first-order chi connectivity index (χ1) is 5.71. The molecule has 0 aliphatic carbocycles. The number of rotatable bonds is 0. The van der Waals surface area contributed by atoms with E-state index in [-0.39, 0.29) is 0 Å². The molecule has 1 heteroatoms. The van der Waals surface area contributed by atoms with Gasteiger partial charge >= 0.3 is 0 Å². The van der Waals surface area contributed by atoms with Crippen LogP contribution in [0, 0.1) is 5.92 Å². The second-order valence-electron chi connectivity index (χ2n) is 4.36. The second-order valence-corrected chi connectivity index (χ2v) is 4.36. The molecule has 2 unspecified atom stereocenters. The summed E-state index contributed by atoms with van der Waals surface area (Å²) < 4.78 is 0. The van der Waals surface area contributed by atoms with Gasteiger partial charge in [-0.05, 0) is 38.6 Å². The third-order valence-corrected chi connectivity index (χ3v) is 3.23. The first kappa shape index (κ1) is 10.0. The first-order valence-electron chi connectivity index (χ1n) is 5.46. The van der Waals surface area contributed by atoms with Crippen LogP contribution in [-0.2, 0) is 0 Å². The molecule has 0 saturated carbocycles. The number of nitrogens with zero attached hydrogens (tertiary/aromatic N) is 1. The van der Waals surface area contributed by atoms with Crippen LogP contribution in [0.2, 0.25) is 0 Å². The van der Waals surface area contributed by atoms with Crippen LogP contribution in [0.5, 0.6) is 0 Å². The molecule has 0 radical (unpaired) electrons. The van der Waals surface area contributed by atoms with Gasteiger partial charge in [0, 0.05) is 12.1 Å². The number of fused-ring (bicyclic) bond motifs is 1. The maximum atomic E-state index is 2.68. The van der Waals surface area contributed by atoms with Crippen molar-refractivity contribution < 1.29 is 0 Å². The molecular formula is C11H23N. The fraction of sp³-hybridized carbons (Fsp3) is 1.00. The molecule has 2 saturated heterocycles. The minimum absolute atomic E-state index is 0.611. The van der Waals surface area contributed by atoms with E-state index in [0.29, 0.717) is 5.54 Å². The molecule has 0 aromatic rings. The second kappa shape index (κ2) is 3.78. The third-order valence-electron chi connectivity index (χ3n) is 3.23. The quantitative estimate of drug-likeness (QED) is 0.539. The fourth-order valence-electron chi connectivity index (χ4n) is 2.81. The Bertz CT molecular complexity index is 144. The minimum Gasteiger partial charge on any atom is -0.298 e. The van der Waals surface area contributed by atoms with Crippen LogP contribution in [0.3, 0.4) is 0 Å². The van der Waals surface area contributed by atoms with E-state index in [0.717, 1.165) is 5.92 Å².